The number of nitrogens with zero attached hydrogens (tertiary/aromatic N) is 1. The number of non-ortho nitro benzene ring substituents is 1. The van der Waals surface area contributed by atoms with Crippen LogP contribution in [0.25, 0.3) is 0 Å². The van der Waals surface area contributed by atoms with E-state index < -0.39 is 29.0 Å². The standard InChI is InChI=1S/C10H9F4NO3/c11-7-4-8(15(16)17)6-9(5-7)18-3-1-2-10(12,13)14/h4-6H,1-3H2. The van der Waals surface area contributed by atoms with Crippen LogP contribution in [0.5, 0.6) is 5.75 Å². The van der Waals surface area contributed by atoms with Gasteiger partial charge in [-0.05, 0) is 6.42 Å². The molecule has 0 N–H and O–H groups in total. The molecule has 0 saturated carbocycles. The van der Waals surface area contributed by atoms with Gasteiger partial charge in [0.1, 0.15) is 11.6 Å². The Morgan fingerprint density at radius 1 is 1.28 bits per heavy atom. The van der Waals surface area contributed by atoms with Crippen LogP contribution in [0.1, 0.15) is 12.8 Å². The first-order valence-corrected chi connectivity index (χ1v) is 4.92. The van der Waals surface area contributed by atoms with Crippen molar-refractivity contribution in [3.05, 3.63) is 34.1 Å². The van der Waals surface area contributed by atoms with Crippen LogP contribution in [0.2, 0.25) is 0 Å². The SMILES string of the molecule is O=[N+]([O-])c1cc(F)cc(OCCCC(F)(F)F)c1. The fourth-order valence-electron chi connectivity index (χ4n) is 1.20. The summed E-state index contributed by atoms with van der Waals surface area (Å²) < 4.78 is 53.2. The lowest BCUT2D eigenvalue weighted by molar-refractivity contribution is -0.385. The molecule has 8 heteroatoms. The van der Waals surface area contributed by atoms with Crippen LogP contribution < -0.4 is 4.74 Å². The Hall–Kier alpha value is -1.86. The van der Waals surface area contributed by atoms with Crippen molar-refractivity contribution >= 4 is 5.69 Å². The van der Waals surface area contributed by atoms with E-state index in [4.69, 9.17) is 4.74 Å². The van der Waals surface area contributed by atoms with Gasteiger partial charge in [0.25, 0.3) is 5.69 Å². The Morgan fingerprint density at radius 2 is 1.94 bits per heavy atom. The molecule has 0 aromatic heterocycles. The number of nitro benzene ring substituents is 1. The number of nitro groups is 1. The van der Waals surface area contributed by atoms with Crippen molar-refractivity contribution in [2.75, 3.05) is 6.61 Å². The third-order valence-corrected chi connectivity index (χ3v) is 1.94. The minimum Gasteiger partial charge on any atom is -0.493 e. The van der Waals surface area contributed by atoms with E-state index in [1.807, 2.05) is 0 Å². The predicted octanol–water partition coefficient (Wildman–Crippen LogP) is 3.46. The number of rotatable bonds is 5. The molecule has 100 valence electrons. The maximum Gasteiger partial charge on any atom is 0.389 e. The quantitative estimate of drug-likeness (QED) is 0.355. The van der Waals surface area contributed by atoms with Gasteiger partial charge in [0.2, 0.25) is 0 Å². The third kappa shape index (κ3) is 4.98. The van der Waals surface area contributed by atoms with Gasteiger partial charge in [0.15, 0.2) is 0 Å². The number of hydrogen-bond acceptors (Lipinski definition) is 3. The van der Waals surface area contributed by atoms with Gasteiger partial charge in [-0.25, -0.2) is 4.39 Å². The van der Waals surface area contributed by atoms with Gasteiger partial charge in [-0.1, -0.05) is 0 Å². The first kappa shape index (κ1) is 14.2. The molecule has 0 aliphatic heterocycles. The monoisotopic (exact) mass is 267 g/mol. The van der Waals surface area contributed by atoms with Crippen LogP contribution in [0.3, 0.4) is 0 Å². The van der Waals surface area contributed by atoms with Gasteiger partial charge in [-0.3, -0.25) is 10.1 Å². The molecule has 0 unspecified atom stereocenters. The molecule has 0 bridgehead atoms. The lowest BCUT2D eigenvalue weighted by atomic mass is 10.3. The van der Waals surface area contributed by atoms with Crippen molar-refractivity contribution in [2.45, 2.75) is 19.0 Å². The normalized spacial score (nSPS) is 11.3. The van der Waals surface area contributed by atoms with Crippen LogP contribution in [-0.4, -0.2) is 17.7 Å². The highest BCUT2D eigenvalue weighted by Crippen LogP contribution is 2.24. The smallest absolute Gasteiger partial charge is 0.389 e. The zero-order chi connectivity index (χ0) is 13.8. The molecule has 0 heterocycles. The van der Waals surface area contributed by atoms with Crippen molar-refractivity contribution in [2.24, 2.45) is 0 Å². The molecule has 0 radical (unpaired) electrons. The maximum absolute atomic E-state index is 12.9. The Kier molecular flexibility index (Phi) is 4.46. The number of benzene rings is 1. The minimum absolute atomic E-state index is 0.163. The molecule has 0 fully saturated rings. The second-order valence-electron chi connectivity index (χ2n) is 3.47. The van der Waals surface area contributed by atoms with E-state index in [-0.39, 0.29) is 18.8 Å². The third-order valence-electron chi connectivity index (χ3n) is 1.94. The maximum atomic E-state index is 12.9. The minimum atomic E-state index is -4.28. The molecule has 0 amide bonds. The van der Waals surface area contributed by atoms with Gasteiger partial charge < -0.3 is 4.74 Å². The van der Waals surface area contributed by atoms with Gasteiger partial charge in [0, 0.05) is 12.5 Å². The Morgan fingerprint density at radius 3 is 2.50 bits per heavy atom. The highest BCUT2D eigenvalue weighted by atomic mass is 19.4. The lowest BCUT2D eigenvalue weighted by Gasteiger charge is -2.08. The largest absolute Gasteiger partial charge is 0.493 e. The molecule has 1 aromatic rings. The Labute approximate surface area is 99.3 Å². The molecule has 0 aliphatic rings. The molecular weight excluding hydrogens is 258 g/mol. The average Bonchev–Trinajstić information content (AvgIpc) is 2.22. The lowest BCUT2D eigenvalue weighted by Crippen LogP contribution is -2.09. The van der Waals surface area contributed by atoms with Crippen LogP contribution in [0.4, 0.5) is 23.2 Å². The molecule has 0 atom stereocenters. The van der Waals surface area contributed by atoms with Crippen LogP contribution in [0.15, 0.2) is 18.2 Å². The second-order valence-corrected chi connectivity index (χ2v) is 3.47. The predicted molar refractivity (Wildman–Crippen MR) is 53.8 cm³/mol. The van der Waals surface area contributed by atoms with Crippen LogP contribution in [-0.2, 0) is 0 Å². The summed E-state index contributed by atoms with van der Waals surface area (Å²) in [6.45, 7) is -0.292. The molecule has 1 rings (SSSR count). The van der Waals surface area contributed by atoms with E-state index in [0.29, 0.717) is 6.07 Å². The number of ether oxygens (including phenoxy) is 1. The molecule has 0 spiro atoms. The van der Waals surface area contributed by atoms with E-state index in [2.05, 4.69) is 0 Å². The highest BCUT2D eigenvalue weighted by Gasteiger charge is 2.26. The fraction of sp³-hybridized carbons (Fsp3) is 0.400. The summed E-state index contributed by atoms with van der Waals surface area (Å²) in [5.41, 5.74) is -0.513. The molecule has 0 saturated heterocycles. The van der Waals surface area contributed by atoms with Crippen molar-refractivity contribution in [1.82, 2.24) is 0 Å². The summed E-state index contributed by atoms with van der Waals surface area (Å²) >= 11 is 0. The zero-order valence-corrected chi connectivity index (χ0v) is 9.04. The number of halogens is 4. The van der Waals surface area contributed by atoms with Crippen LogP contribution >= 0.6 is 0 Å². The summed E-state index contributed by atoms with van der Waals surface area (Å²) in [6, 6.07) is 2.53. The number of alkyl halides is 3. The molecule has 4 nitrogen and oxygen atoms in total. The average molecular weight is 267 g/mol. The molecule has 0 aliphatic carbocycles. The van der Waals surface area contributed by atoms with Gasteiger partial charge >= 0.3 is 6.18 Å². The van der Waals surface area contributed by atoms with Gasteiger partial charge in [0.05, 0.1) is 23.7 Å². The van der Waals surface area contributed by atoms with E-state index in [1.54, 1.807) is 0 Å². The topological polar surface area (TPSA) is 52.4 Å². The summed E-state index contributed by atoms with van der Waals surface area (Å²) in [6.07, 6.45) is -5.60. The van der Waals surface area contributed by atoms with Gasteiger partial charge in [-0.2, -0.15) is 13.2 Å². The van der Waals surface area contributed by atoms with E-state index in [9.17, 15) is 27.7 Å². The Balaban J connectivity index is 2.55. The first-order chi connectivity index (χ1) is 8.28. The molecule has 1 aromatic carbocycles. The molecule has 18 heavy (non-hydrogen) atoms. The summed E-state index contributed by atoms with van der Waals surface area (Å²) in [4.78, 5) is 9.59. The first-order valence-electron chi connectivity index (χ1n) is 4.92. The Bertz CT molecular complexity index is 434. The van der Waals surface area contributed by atoms with Crippen molar-refractivity contribution < 1.29 is 27.2 Å². The zero-order valence-electron chi connectivity index (χ0n) is 9.04. The number of hydrogen-bond donors (Lipinski definition) is 0. The summed E-state index contributed by atoms with van der Waals surface area (Å²) in [5.74, 6) is -1.04. The van der Waals surface area contributed by atoms with Crippen molar-refractivity contribution in [3.63, 3.8) is 0 Å². The second kappa shape index (κ2) is 5.65. The summed E-state index contributed by atoms with van der Waals surface area (Å²) in [7, 11) is 0. The fourth-order valence-corrected chi connectivity index (χ4v) is 1.20. The van der Waals surface area contributed by atoms with Gasteiger partial charge in [-0.15, -0.1) is 0 Å². The van der Waals surface area contributed by atoms with Crippen molar-refractivity contribution in [3.8, 4) is 5.75 Å². The highest BCUT2D eigenvalue weighted by molar-refractivity contribution is 5.38. The summed E-state index contributed by atoms with van der Waals surface area (Å²) in [5, 5.41) is 10.4. The van der Waals surface area contributed by atoms with Crippen molar-refractivity contribution in [1.29, 1.82) is 0 Å². The van der Waals surface area contributed by atoms with Crippen LogP contribution in [0, 0.1) is 15.9 Å². The van der Waals surface area contributed by atoms with E-state index >= 15 is 0 Å². The molecular formula is C10H9F4NO3. The van der Waals surface area contributed by atoms with E-state index in [0.717, 1.165) is 12.1 Å². The van der Waals surface area contributed by atoms with E-state index in [1.165, 1.54) is 0 Å².